The molecule has 0 heterocycles. The molecule has 0 aliphatic rings. The molecule has 1 amide bonds. The lowest BCUT2D eigenvalue weighted by Crippen LogP contribution is -2.16. The molecular weight excluding hydrogens is 287 g/mol. The molecule has 0 bridgehead atoms. The number of nitrogens with two attached hydrogens (primary N) is 1. The summed E-state index contributed by atoms with van der Waals surface area (Å²) in [6.45, 7) is 1.98. The first-order valence-corrected chi connectivity index (χ1v) is 6.92. The van der Waals surface area contributed by atoms with Crippen LogP contribution in [0.25, 0.3) is 0 Å². The fourth-order valence-corrected chi connectivity index (χ4v) is 2.20. The molecule has 3 N–H and O–H groups in total. The van der Waals surface area contributed by atoms with Crippen LogP contribution in [-0.2, 0) is 6.42 Å². The van der Waals surface area contributed by atoms with Gasteiger partial charge < -0.3 is 11.1 Å². The topological polar surface area (TPSA) is 55.1 Å². The van der Waals surface area contributed by atoms with E-state index in [1.165, 1.54) is 18.2 Å². The van der Waals surface area contributed by atoms with Gasteiger partial charge in [0.15, 0.2) is 0 Å². The minimum Gasteiger partial charge on any atom is -0.389 e. The first kappa shape index (κ1) is 15.1. The fraction of sp³-hybridized carbons (Fsp3) is 0.125. The number of nitrogens with one attached hydrogen (secondary N) is 1. The molecule has 0 aliphatic heterocycles. The number of aryl methyl sites for hydroxylation is 1. The molecule has 2 aromatic carbocycles. The summed E-state index contributed by atoms with van der Waals surface area (Å²) in [5.41, 5.74) is 7.57. The second kappa shape index (κ2) is 6.45. The zero-order valence-corrected chi connectivity index (χ0v) is 12.3. The van der Waals surface area contributed by atoms with E-state index >= 15 is 0 Å². The maximum absolute atomic E-state index is 13.5. The Kier molecular flexibility index (Phi) is 4.65. The summed E-state index contributed by atoms with van der Waals surface area (Å²) in [6.07, 6.45) is 0.755. The number of anilines is 1. The van der Waals surface area contributed by atoms with Crippen molar-refractivity contribution in [3.05, 3.63) is 65.0 Å². The number of halogens is 1. The van der Waals surface area contributed by atoms with Crippen molar-refractivity contribution in [2.24, 2.45) is 5.73 Å². The highest BCUT2D eigenvalue weighted by atomic mass is 32.1. The van der Waals surface area contributed by atoms with Crippen LogP contribution < -0.4 is 11.1 Å². The van der Waals surface area contributed by atoms with Crippen LogP contribution >= 0.6 is 12.2 Å². The number of hydrogen-bond acceptors (Lipinski definition) is 2. The first-order valence-electron chi connectivity index (χ1n) is 6.51. The molecule has 0 saturated carbocycles. The van der Waals surface area contributed by atoms with Gasteiger partial charge in [0.2, 0.25) is 0 Å². The molecule has 0 fully saturated rings. The Bertz CT molecular complexity index is 700. The van der Waals surface area contributed by atoms with Crippen LogP contribution in [0.1, 0.15) is 28.4 Å². The summed E-state index contributed by atoms with van der Waals surface area (Å²) in [4.78, 5) is 12.2. The van der Waals surface area contributed by atoms with E-state index in [9.17, 15) is 9.18 Å². The Balaban J connectivity index is 2.28. The summed E-state index contributed by atoms with van der Waals surface area (Å²) in [7, 11) is 0. The van der Waals surface area contributed by atoms with Crippen molar-refractivity contribution in [2.45, 2.75) is 13.3 Å². The zero-order chi connectivity index (χ0) is 15.4. The summed E-state index contributed by atoms with van der Waals surface area (Å²) >= 11 is 4.78. The van der Waals surface area contributed by atoms with Crippen LogP contribution in [0.5, 0.6) is 0 Å². The van der Waals surface area contributed by atoms with Crippen LogP contribution in [0, 0.1) is 5.82 Å². The maximum Gasteiger partial charge on any atom is 0.255 e. The van der Waals surface area contributed by atoms with Crippen molar-refractivity contribution in [1.29, 1.82) is 0 Å². The van der Waals surface area contributed by atoms with Crippen molar-refractivity contribution < 1.29 is 9.18 Å². The van der Waals surface area contributed by atoms with Crippen molar-refractivity contribution in [2.75, 3.05) is 5.32 Å². The highest BCUT2D eigenvalue weighted by Gasteiger charge is 2.12. The molecule has 5 heteroatoms. The summed E-state index contributed by atoms with van der Waals surface area (Å²) < 4.78 is 13.5. The molecule has 3 nitrogen and oxygen atoms in total. The van der Waals surface area contributed by atoms with Gasteiger partial charge in [0, 0.05) is 16.8 Å². The first-order chi connectivity index (χ1) is 10.0. The molecular formula is C16H15FN2OS. The standard InChI is InChI=1S/C16H15FN2OS/c1-2-10-5-3-4-6-12(10)16(20)19-11-7-8-14(17)13(9-11)15(18)21/h3-9H,2H2,1H3,(H2,18,21)(H,19,20). The Morgan fingerprint density at radius 3 is 2.62 bits per heavy atom. The number of carbonyl (C=O) groups excluding carboxylic acids is 1. The highest BCUT2D eigenvalue weighted by molar-refractivity contribution is 7.80. The number of rotatable bonds is 4. The van der Waals surface area contributed by atoms with E-state index in [1.807, 2.05) is 19.1 Å². The van der Waals surface area contributed by atoms with Crippen LogP contribution in [0.2, 0.25) is 0 Å². The highest BCUT2D eigenvalue weighted by Crippen LogP contribution is 2.17. The van der Waals surface area contributed by atoms with Gasteiger partial charge in [0.05, 0.1) is 0 Å². The Morgan fingerprint density at radius 2 is 1.95 bits per heavy atom. The van der Waals surface area contributed by atoms with Gasteiger partial charge in [-0.1, -0.05) is 37.3 Å². The average Bonchev–Trinajstić information content (AvgIpc) is 2.48. The van der Waals surface area contributed by atoms with Crippen molar-refractivity contribution in [3.8, 4) is 0 Å². The number of amides is 1. The van der Waals surface area contributed by atoms with E-state index in [2.05, 4.69) is 5.32 Å². The fourth-order valence-electron chi connectivity index (χ4n) is 2.04. The molecule has 2 aromatic rings. The second-order valence-corrected chi connectivity index (χ2v) is 4.96. The molecule has 21 heavy (non-hydrogen) atoms. The third-order valence-electron chi connectivity index (χ3n) is 3.13. The number of benzene rings is 2. The summed E-state index contributed by atoms with van der Waals surface area (Å²) in [5.74, 6) is -0.748. The molecule has 0 saturated heterocycles. The smallest absolute Gasteiger partial charge is 0.255 e. The van der Waals surface area contributed by atoms with Crippen molar-refractivity contribution in [3.63, 3.8) is 0 Å². The zero-order valence-electron chi connectivity index (χ0n) is 11.5. The maximum atomic E-state index is 13.5. The van der Waals surface area contributed by atoms with Crippen molar-refractivity contribution in [1.82, 2.24) is 0 Å². The third-order valence-corrected chi connectivity index (χ3v) is 3.35. The van der Waals surface area contributed by atoms with Gasteiger partial charge in [-0.3, -0.25) is 4.79 Å². The lowest BCUT2D eigenvalue weighted by Gasteiger charge is -2.10. The molecule has 2 rings (SSSR count). The number of carbonyl (C=O) groups is 1. The van der Waals surface area contributed by atoms with Gasteiger partial charge in [-0.15, -0.1) is 0 Å². The number of thiocarbonyl (C=S) groups is 1. The Hall–Kier alpha value is -2.27. The van der Waals surface area contributed by atoms with E-state index in [1.54, 1.807) is 12.1 Å². The Morgan fingerprint density at radius 1 is 1.24 bits per heavy atom. The second-order valence-electron chi connectivity index (χ2n) is 4.52. The molecule has 0 aromatic heterocycles. The molecule has 0 radical (unpaired) electrons. The van der Waals surface area contributed by atoms with E-state index in [0.717, 1.165) is 12.0 Å². The lowest BCUT2D eigenvalue weighted by molar-refractivity contribution is 0.102. The SMILES string of the molecule is CCc1ccccc1C(=O)Nc1ccc(F)c(C(N)=S)c1. The normalized spacial score (nSPS) is 10.2. The molecule has 0 spiro atoms. The van der Waals surface area contributed by atoms with Gasteiger partial charge in [0.1, 0.15) is 10.8 Å². The van der Waals surface area contributed by atoms with Crippen LogP contribution in [0.3, 0.4) is 0 Å². The summed E-state index contributed by atoms with van der Waals surface area (Å²) in [6, 6.07) is 11.5. The number of hydrogen-bond donors (Lipinski definition) is 2. The monoisotopic (exact) mass is 302 g/mol. The average molecular weight is 302 g/mol. The third kappa shape index (κ3) is 3.44. The molecule has 108 valence electrons. The van der Waals surface area contributed by atoms with Crippen LogP contribution in [0.15, 0.2) is 42.5 Å². The predicted octanol–water partition coefficient (Wildman–Crippen LogP) is 3.27. The largest absolute Gasteiger partial charge is 0.389 e. The van der Waals surface area contributed by atoms with Crippen LogP contribution in [0.4, 0.5) is 10.1 Å². The van der Waals surface area contributed by atoms with E-state index in [0.29, 0.717) is 11.3 Å². The minimum atomic E-state index is -0.505. The molecule has 0 aliphatic carbocycles. The lowest BCUT2D eigenvalue weighted by atomic mass is 10.0. The Labute approximate surface area is 128 Å². The van der Waals surface area contributed by atoms with E-state index in [-0.39, 0.29) is 16.5 Å². The van der Waals surface area contributed by atoms with Crippen LogP contribution in [-0.4, -0.2) is 10.9 Å². The minimum absolute atomic E-state index is 0.0439. The van der Waals surface area contributed by atoms with E-state index < -0.39 is 5.82 Å². The summed E-state index contributed by atoms with van der Waals surface area (Å²) in [5, 5.41) is 2.73. The van der Waals surface area contributed by atoms with E-state index in [4.69, 9.17) is 18.0 Å². The van der Waals surface area contributed by atoms with Gasteiger partial charge in [-0.2, -0.15) is 0 Å². The quantitative estimate of drug-likeness (QED) is 0.852. The molecule has 0 unspecified atom stereocenters. The van der Waals surface area contributed by atoms with Gasteiger partial charge in [-0.05, 0) is 36.2 Å². The van der Waals surface area contributed by atoms with Crippen molar-refractivity contribution >= 4 is 28.8 Å². The predicted molar refractivity (Wildman–Crippen MR) is 86.1 cm³/mol. The van der Waals surface area contributed by atoms with Gasteiger partial charge >= 0.3 is 0 Å². The molecule has 0 atom stereocenters. The van der Waals surface area contributed by atoms with Gasteiger partial charge in [0.25, 0.3) is 5.91 Å². The van der Waals surface area contributed by atoms with Gasteiger partial charge in [-0.25, -0.2) is 4.39 Å².